The highest BCUT2D eigenvalue weighted by Crippen LogP contribution is 2.44. The van der Waals surface area contributed by atoms with Crippen molar-refractivity contribution in [3.8, 4) is 5.75 Å². The van der Waals surface area contributed by atoms with Crippen LogP contribution in [0, 0.1) is 6.92 Å². The molecule has 31 heavy (non-hydrogen) atoms. The van der Waals surface area contributed by atoms with E-state index in [9.17, 15) is 0 Å². The molecular formula is C26H41BO3Si. The monoisotopic (exact) mass is 440 g/mol. The predicted octanol–water partition coefficient (Wildman–Crippen LogP) is 7.00. The van der Waals surface area contributed by atoms with E-state index in [1.165, 1.54) is 16.3 Å². The Balaban J connectivity index is 2.20. The van der Waals surface area contributed by atoms with Gasteiger partial charge in [-0.1, -0.05) is 65.8 Å². The van der Waals surface area contributed by atoms with Crippen LogP contribution in [0.1, 0.15) is 74.8 Å². The van der Waals surface area contributed by atoms with Crippen molar-refractivity contribution in [2.45, 2.75) is 104 Å². The van der Waals surface area contributed by atoms with Gasteiger partial charge in [-0.2, -0.15) is 0 Å². The minimum Gasteiger partial charge on any atom is -0.543 e. The third kappa shape index (κ3) is 3.98. The molecular weight excluding hydrogens is 399 g/mol. The number of fused-ring (bicyclic) bond motifs is 1. The number of aryl methyl sites for hydroxylation is 1. The highest BCUT2D eigenvalue weighted by molar-refractivity contribution is 6.78. The maximum absolute atomic E-state index is 7.16. The van der Waals surface area contributed by atoms with Crippen molar-refractivity contribution in [1.82, 2.24) is 0 Å². The molecule has 1 aliphatic rings. The summed E-state index contributed by atoms with van der Waals surface area (Å²) in [6, 6.07) is 10.8. The van der Waals surface area contributed by atoms with Crippen molar-refractivity contribution >= 4 is 31.7 Å². The number of benzene rings is 2. The fraction of sp³-hybridized carbons (Fsp3) is 0.615. The molecule has 1 fully saturated rings. The second kappa shape index (κ2) is 8.24. The highest BCUT2D eigenvalue weighted by atomic mass is 28.4. The summed E-state index contributed by atoms with van der Waals surface area (Å²) in [6.07, 6.45) is 0. The van der Waals surface area contributed by atoms with E-state index >= 15 is 0 Å². The Labute approximate surface area is 191 Å². The van der Waals surface area contributed by atoms with E-state index in [1.54, 1.807) is 0 Å². The molecule has 0 amide bonds. The Morgan fingerprint density at radius 3 is 1.71 bits per heavy atom. The van der Waals surface area contributed by atoms with Crippen LogP contribution >= 0.6 is 0 Å². The van der Waals surface area contributed by atoms with Crippen LogP contribution in [0.3, 0.4) is 0 Å². The Hall–Kier alpha value is -1.30. The second-order valence-electron chi connectivity index (χ2n) is 11.1. The van der Waals surface area contributed by atoms with Gasteiger partial charge < -0.3 is 13.7 Å². The molecule has 0 spiro atoms. The van der Waals surface area contributed by atoms with Gasteiger partial charge in [-0.25, -0.2) is 0 Å². The molecule has 170 valence electrons. The second-order valence-corrected chi connectivity index (χ2v) is 16.5. The van der Waals surface area contributed by atoms with Gasteiger partial charge in [0.25, 0.3) is 8.32 Å². The summed E-state index contributed by atoms with van der Waals surface area (Å²) in [6.45, 7) is 24.6. The SMILES string of the molecule is Cc1c(O[Si](C(C)C)(C(C)C)C(C)C)cc(B2OC(C)(C)C(C)(C)O2)c2ccccc12. The third-order valence-corrected chi connectivity index (χ3v) is 13.8. The maximum atomic E-state index is 7.16. The van der Waals surface area contributed by atoms with Gasteiger partial charge in [0.05, 0.1) is 11.2 Å². The van der Waals surface area contributed by atoms with Gasteiger partial charge in [0.2, 0.25) is 0 Å². The van der Waals surface area contributed by atoms with Gasteiger partial charge in [-0.3, -0.25) is 0 Å². The summed E-state index contributed by atoms with van der Waals surface area (Å²) in [5, 5.41) is 2.39. The molecule has 1 aliphatic heterocycles. The Bertz CT molecular complexity index is 911. The van der Waals surface area contributed by atoms with Crippen LogP contribution in [-0.4, -0.2) is 26.6 Å². The normalized spacial score (nSPS) is 18.6. The standard InChI is InChI=1S/C26H41BO3Si/c1-17(2)31(18(3)4,19(5)6)28-24-16-23(22-15-13-12-14-21(22)20(24)7)27-29-25(8,9)26(10,11)30-27/h12-19H,1-11H3. The molecule has 2 aromatic rings. The van der Waals surface area contributed by atoms with Crippen LogP contribution < -0.4 is 9.89 Å². The van der Waals surface area contributed by atoms with E-state index in [0.717, 1.165) is 11.2 Å². The minimum atomic E-state index is -2.09. The lowest BCUT2D eigenvalue weighted by molar-refractivity contribution is 0.00578. The van der Waals surface area contributed by atoms with E-state index in [2.05, 4.69) is 106 Å². The smallest absolute Gasteiger partial charge is 0.495 e. The topological polar surface area (TPSA) is 27.7 Å². The van der Waals surface area contributed by atoms with Crippen LogP contribution in [-0.2, 0) is 9.31 Å². The van der Waals surface area contributed by atoms with Crippen molar-refractivity contribution in [3.05, 3.63) is 35.9 Å². The first-order valence-corrected chi connectivity index (χ1v) is 14.0. The molecule has 0 bridgehead atoms. The van der Waals surface area contributed by atoms with Crippen LogP contribution in [0.25, 0.3) is 10.8 Å². The highest BCUT2D eigenvalue weighted by Gasteiger charge is 2.52. The number of rotatable bonds is 6. The van der Waals surface area contributed by atoms with Crippen molar-refractivity contribution in [2.24, 2.45) is 0 Å². The Morgan fingerprint density at radius 1 is 0.806 bits per heavy atom. The number of hydrogen-bond donors (Lipinski definition) is 0. The van der Waals surface area contributed by atoms with Gasteiger partial charge >= 0.3 is 7.12 Å². The van der Waals surface area contributed by atoms with Crippen molar-refractivity contribution < 1.29 is 13.7 Å². The van der Waals surface area contributed by atoms with Crippen LogP contribution in [0.5, 0.6) is 5.75 Å². The van der Waals surface area contributed by atoms with Crippen molar-refractivity contribution in [2.75, 3.05) is 0 Å². The van der Waals surface area contributed by atoms with Gasteiger partial charge in [0, 0.05) is 0 Å². The third-order valence-electron chi connectivity index (χ3n) is 7.80. The van der Waals surface area contributed by atoms with E-state index in [0.29, 0.717) is 16.6 Å². The lowest BCUT2D eigenvalue weighted by atomic mass is 9.75. The van der Waals surface area contributed by atoms with Gasteiger partial charge in [-0.05, 0) is 79.1 Å². The van der Waals surface area contributed by atoms with Crippen LogP contribution in [0.2, 0.25) is 16.6 Å². The van der Waals surface area contributed by atoms with Crippen LogP contribution in [0.4, 0.5) is 0 Å². The Morgan fingerprint density at radius 2 is 1.26 bits per heavy atom. The summed E-state index contributed by atoms with van der Waals surface area (Å²) in [7, 11) is -2.50. The van der Waals surface area contributed by atoms with Gasteiger partial charge in [0.15, 0.2) is 0 Å². The van der Waals surface area contributed by atoms with Crippen molar-refractivity contribution in [3.63, 3.8) is 0 Å². The predicted molar refractivity (Wildman–Crippen MR) is 136 cm³/mol. The molecule has 1 heterocycles. The first-order valence-electron chi connectivity index (χ1n) is 11.8. The average molecular weight is 441 g/mol. The molecule has 0 radical (unpaired) electrons. The molecule has 1 saturated heterocycles. The molecule has 0 unspecified atom stereocenters. The number of hydrogen-bond acceptors (Lipinski definition) is 3. The van der Waals surface area contributed by atoms with E-state index < -0.39 is 15.4 Å². The van der Waals surface area contributed by atoms with E-state index in [-0.39, 0.29) is 11.2 Å². The minimum absolute atomic E-state index is 0.378. The largest absolute Gasteiger partial charge is 0.543 e. The fourth-order valence-corrected chi connectivity index (χ4v) is 10.6. The van der Waals surface area contributed by atoms with Gasteiger partial charge in [0.1, 0.15) is 5.75 Å². The average Bonchev–Trinajstić information content (AvgIpc) is 2.87. The Kier molecular flexibility index (Phi) is 6.47. The van der Waals surface area contributed by atoms with Crippen LogP contribution in [0.15, 0.2) is 30.3 Å². The fourth-order valence-electron chi connectivity index (χ4n) is 5.34. The van der Waals surface area contributed by atoms with Crippen molar-refractivity contribution in [1.29, 1.82) is 0 Å². The molecule has 0 atom stereocenters. The molecule has 0 saturated carbocycles. The summed E-state index contributed by atoms with van der Waals surface area (Å²) in [4.78, 5) is 0. The summed E-state index contributed by atoms with van der Waals surface area (Å²) in [5.74, 6) is 0.992. The lowest BCUT2D eigenvalue weighted by Crippen LogP contribution is -2.51. The molecule has 3 rings (SSSR count). The summed E-state index contributed by atoms with van der Waals surface area (Å²) >= 11 is 0. The molecule has 5 heteroatoms. The zero-order chi connectivity index (χ0) is 23.4. The molecule has 2 aromatic carbocycles. The molecule has 0 N–H and O–H groups in total. The van der Waals surface area contributed by atoms with E-state index in [4.69, 9.17) is 13.7 Å². The zero-order valence-corrected chi connectivity index (χ0v) is 22.4. The first kappa shape index (κ1) is 24.3. The molecule has 3 nitrogen and oxygen atoms in total. The summed E-state index contributed by atoms with van der Waals surface area (Å²) in [5.41, 5.74) is 3.05. The maximum Gasteiger partial charge on any atom is 0.495 e. The molecule has 0 aromatic heterocycles. The zero-order valence-electron chi connectivity index (χ0n) is 21.4. The van der Waals surface area contributed by atoms with Gasteiger partial charge in [-0.15, -0.1) is 0 Å². The lowest BCUT2D eigenvalue weighted by Gasteiger charge is -2.42. The first-order chi connectivity index (χ1) is 14.2. The quantitative estimate of drug-likeness (QED) is 0.453. The molecule has 0 aliphatic carbocycles. The van der Waals surface area contributed by atoms with E-state index in [1.807, 2.05) is 0 Å². The summed E-state index contributed by atoms with van der Waals surface area (Å²) < 4.78 is 20.1.